The van der Waals surface area contributed by atoms with Crippen LogP contribution in [0.25, 0.3) is 5.69 Å². The van der Waals surface area contributed by atoms with E-state index in [1.54, 1.807) is 12.1 Å². The van der Waals surface area contributed by atoms with E-state index in [-0.39, 0.29) is 10.7 Å². The van der Waals surface area contributed by atoms with Gasteiger partial charge in [-0.25, -0.2) is 4.68 Å². The third-order valence-corrected chi connectivity index (χ3v) is 2.26. The molecule has 0 aliphatic carbocycles. The summed E-state index contributed by atoms with van der Waals surface area (Å²) in [5, 5.41) is 3.77. The molecular weight excluding hydrogens is 241 g/mol. The molecule has 0 aliphatic rings. The number of aromatic nitrogens is 2. The Bertz CT molecular complexity index is 505. The topological polar surface area (TPSA) is 17.8 Å². The molecule has 2 aromatic rings. The van der Waals surface area contributed by atoms with Gasteiger partial charge in [-0.3, -0.25) is 0 Å². The number of benzene rings is 1. The van der Waals surface area contributed by atoms with Crippen LogP contribution in [0.15, 0.2) is 30.5 Å². The van der Waals surface area contributed by atoms with Crippen LogP contribution in [0.2, 0.25) is 5.02 Å². The number of rotatable bonds is 1. The minimum Gasteiger partial charge on any atom is -0.226 e. The molecule has 2 rings (SSSR count). The van der Waals surface area contributed by atoms with Gasteiger partial charge in [-0.2, -0.15) is 18.3 Å². The summed E-state index contributed by atoms with van der Waals surface area (Å²) >= 11 is 5.80. The van der Waals surface area contributed by atoms with E-state index >= 15 is 0 Å². The van der Waals surface area contributed by atoms with Crippen LogP contribution in [0.5, 0.6) is 0 Å². The first kappa shape index (κ1) is 11.0. The quantitative estimate of drug-likeness (QED) is 0.753. The van der Waals surface area contributed by atoms with Gasteiger partial charge in [-0.05, 0) is 12.1 Å². The first-order valence-electron chi connectivity index (χ1n) is 4.28. The molecule has 1 heterocycles. The lowest BCUT2D eigenvalue weighted by Crippen LogP contribution is -2.13. The van der Waals surface area contributed by atoms with Crippen LogP contribution >= 0.6 is 11.6 Å². The molecule has 0 atom stereocenters. The van der Waals surface area contributed by atoms with Gasteiger partial charge in [-0.1, -0.05) is 23.7 Å². The summed E-state index contributed by atoms with van der Waals surface area (Å²) in [6, 6.07) is 8.21. The molecule has 0 saturated carbocycles. The third kappa shape index (κ3) is 1.90. The summed E-state index contributed by atoms with van der Waals surface area (Å²) in [6.07, 6.45) is -3.54. The maximum atomic E-state index is 12.6. The van der Waals surface area contributed by atoms with Crippen molar-refractivity contribution < 1.29 is 13.2 Å². The predicted octanol–water partition coefficient (Wildman–Crippen LogP) is 3.34. The Morgan fingerprint density at radius 2 is 1.94 bits per heavy atom. The Balaban J connectivity index is 2.58. The van der Waals surface area contributed by atoms with Crippen molar-refractivity contribution in [2.75, 3.05) is 0 Å². The van der Waals surface area contributed by atoms with E-state index in [0.717, 1.165) is 10.9 Å². The van der Waals surface area contributed by atoms with Crippen molar-refractivity contribution in [1.82, 2.24) is 9.78 Å². The fourth-order valence-corrected chi connectivity index (χ4v) is 1.49. The molecule has 1 aromatic carbocycles. The number of hydrogen-bond donors (Lipinski definition) is 0. The number of hydrogen-bond acceptors (Lipinski definition) is 1. The molecule has 1 aromatic heterocycles. The molecule has 0 bridgehead atoms. The first-order chi connectivity index (χ1) is 7.50. The normalized spacial score (nSPS) is 11.8. The van der Waals surface area contributed by atoms with Crippen molar-refractivity contribution in [2.24, 2.45) is 0 Å². The number of alkyl halides is 3. The largest absolute Gasteiger partial charge is 0.434 e. The van der Waals surface area contributed by atoms with E-state index < -0.39 is 11.9 Å². The van der Waals surface area contributed by atoms with E-state index in [9.17, 15) is 13.2 Å². The standard InChI is InChI=1S/C10H5ClF3N2/c11-7-3-1-2-4-8(7)16-9(5-6-15-16)10(12,13)14/h1-4,6H. The van der Waals surface area contributed by atoms with Gasteiger partial charge in [0.1, 0.15) is 0 Å². The Morgan fingerprint density at radius 3 is 2.56 bits per heavy atom. The van der Waals surface area contributed by atoms with Gasteiger partial charge in [0, 0.05) is 6.07 Å². The highest BCUT2D eigenvalue weighted by Gasteiger charge is 2.35. The van der Waals surface area contributed by atoms with Gasteiger partial charge in [0.15, 0.2) is 5.69 Å². The van der Waals surface area contributed by atoms with E-state index in [2.05, 4.69) is 5.10 Å². The van der Waals surface area contributed by atoms with E-state index in [4.69, 9.17) is 11.6 Å². The molecule has 0 spiro atoms. The molecule has 0 N–H and O–H groups in total. The smallest absolute Gasteiger partial charge is 0.226 e. The van der Waals surface area contributed by atoms with Gasteiger partial charge in [-0.15, -0.1) is 0 Å². The molecule has 0 amide bonds. The highest BCUT2D eigenvalue weighted by atomic mass is 35.5. The van der Waals surface area contributed by atoms with Gasteiger partial charge < -0.3 is 0 Å². The van der Waals surface area contributed by atoms with Gasteiger partial charge in [0.25, 0.3) is 0 Å². The molecule has 83 valence electrons. The zero-order valence-corrected chi connectivity index (χ0v) is 8.55. The van der Waals surface area contributed by atoms with Crippen LogP contribution in [0.3, 0.4) is 0 Å². The van der Waals surface area contributed by atoms with Crippen molar-refractivity contribution >= 4 is 11.6 Å². The Kier molecular flexibility index (Phi) is 2.63. The second-order valence-corrected chi connectivity index (χ2v) is 3.41. The highest BCUT2D eigenvalue weighted by molar-refractivity contribution is 6.32. The lowest BCUT2D eigenvalue weighted by Gasteiger charge is -2.10. The summed E-state index contributed by atoms with van der Waals surface area (Å²) in [5.41, 5.74) is -0.793. The van der Waals surface area contributed by atoms with Crippen molar-refractivity contribution in [3.05, 3.63) is 47.2 Å². The van der Waals surface area contributed by atoms with E-state index in [1.165, 1.54) is 12.1 Å². The van der Waals surface area contributed by atoms with Crippen molar-refractivity contribution in [3.8, 4) is 5.69 Å². The number of nitrogens with zero attached hydrogens (tertiary/aromatic N) is 2. The monoisotopic (exact) mass is 245 g/mol. The van der Waals surface area contributed by atoms with Crippen LogP contribution in [0.4, 0.5) is 13.2 Å². The predicted molar refractivity (Wildman–Crippen MR) is 52.4 cm³/mol. The SMILES string of the molecule is FC(F)(F)c1[c]cnn1-c1ccccc1Cl. The molecule has 6 heteroatoms. The molecule has 0 unspecified atom stereocenters. The summed E-state index contributed by atoms with van der Waals surface area (Å²) in [7, 11) is 0. The summed E-state index contributed by atoms with van der Waals surface area (Å²) in [6.45, 7) is 0. The average molecular weight is 246 g/mol. The third-order valence-electron chi connectivity index (χ3n) is 1.94. The first-order valence-corrected chi connectivity index (χ1v) is 4.66. The Morgan fingerprint density at radius 1 is 1.25 bits per heavy atom. The number of halogens is 4. The van der Waals surface area contributed by atoms with Crippen molar-refractivity contribution in [1.29, 1.82) is 0 Å². The molecule has 16 heavy (non-hydrogen) atoms. The Hall–Kier alpha value is -1.49. The second-order valence-electron chi connectivity index (χ2n) is 3.00. The van der Waals surface area contributed by atoms with Crippen molar-refractivity contribution in [2.45, 2.75) is 6.18 Å². The van der Waals surface area contributed by atoms with Crippen LogP contribution in [-0.4, -0.2) is 9.78 Å². The van der Waals surface area contributed by atoms with Crippen LogP contribution in [-0.2, 0) is 6.18 Å². The lowest BCUT2D eigenvalue weighted by molar-refractivity contribution is -0.143. The van der Waals surface area contributed by atoms with E-state index in [1.807, 2.05) is 6.07 Å². The summed E-state index contributed by atoms with van der Waals surface area (Å²) < 4.78 is 38.4. The summed E-state index contributed by atoms with van der Waals surface area (Å²) in [5.74, 6) is 0. The molecular formula is C10H5ClF3N2. The zero-order chi connectivity index (χ0) is 11.8. The lowest BCUT2D eigenvalue weighted by atomic mass is 10.3. The molecule has 0 fully saturated rings. The maximum absolute atomic E-state index is 12.6. The fourth-order valence-electron chi connectivity index (χ4n) is 1.27. The minimum absolute atomic E-state index is 0.178. The van der Waals surface area contributed by atoms with Crippen LogP contribution in [0, 0.1) is 6.07 Å². The molecule has 0 aliphatic heterocycles. The summed E-state index contributed by atoms with van der Waals surface area (Å²) in [4.78, 5) is 0. The second kappa shape index (κ2) is 3.83. The fraction of sp³-hybridized carbons (Fsp3) is 0.100. The maximum Gasteiger partial charge on any atom is 0.434 e. The van der Waals surface area contributed by atoms with E-state index in [0.29, 0.717) is 0 Å². The molecule has 0 saturated heterocycles. The highest BCUT2D eigenvalue weighted by Crippen LogP contribution is 2.31. The van der Waals surface area contributed by atoms with Crippen LogP contribution in [0.1, 0.15) is 5.69 Å². The number of para-hydroxylation sites is 1. The zero-order valence-electron chi connectivity index (χ0n) is 7.79. The Labute approximate surface area is 94.3 Å². The molecule has 1 radical (unpaired) electrons. The van der Waals surface area contributed by atoms with Gasteiger partial charge in [0.05, 0.1) is 16.9 Å². The average Bonchev–Trinajstić information content (AvgIpc) is 2.66. The minimum atomic E-state index is -4.50. The van der Waals surface area contributed by atoms with Gasteiger partial charge in [0.2, 0.25) is 0 Å². The van der Waals surface area contributed by atoms with Gasteiger partial charge >= 0.3 is 6.18 Å². The van der Waals surface area contributed by atoms with Crippen LogP contribution < -0.4 is 0 Å². The molecule has 2 nitrogen and oxygen atoms in total. The van der Waals surface area contributed by atoms with Crippen molar-refractivity contribution in [3.63, 3.8) is 0 Å².